The summed E-state index contributed by atoms with van der Waals surface area (Å²) in [7, 11) is -3.99. The molecule has 0 radical (unpaired) electrons. The monoisotopic (exact) mass is 558 g/mol. The van der Waals surface area contributed by atoms with Gasteiger partial charge in [0.05, 0.1) is 31.9 Å². The number of anilines is 2. The van der Waals surface area contributed by atoms with Gasteiger partial charge in [-0.15, -0.1) is 0 Å². The van der Waals surface area contributed by atoms with Crippen molar-refractivity contribution in [1.29, 1.82) is 0 Å². The van der Waals surface area contributed by atoms with E-state index in [2.05, 4.69) is 11.6 Å². The van der Waals surface area contributed by atoms with Crippen molar-refractivity contribution in [2.75, 3.05) is 22.7 Å². The average molecular weight is 559 g/mol. The van der Waals surface area contributed by atoms with Gasteiger partial charge in [-0.3, -0.25) is 4.72 Å². The molecule has 0 saturated carbocycles. The van der Waals surface area contributed by atoms with Gasteiger partial charge in [-0.05, 0) is 49.7 Å². The maximum Gasteiger partial charge on any atom is 0.490 e. The summed E-state index contributed by atoms with van der Waals surface area (Å²) in [6.45, 7) is 5.39. The van der Waals surface area contributed by atoms with Crippen LogP contribution >= 0.6 is 23.2 Å². The number of nitrogens with zero attached hydrogens (tertiary/aromatic N) is 1. The highest BCUT2D eigenvalue weighted by atomic mass is 35.5. The van der Waals surface area contributed by atoms with Gasteiger partial charge in [-0.1, -0.05) is 36.5 Å². The maximum absolute atomic E-state index is 12.8. The molecule has 0 spiro atoms. The minimum atomic E-state index is -5.08. The Bertz CT molecular complexity index is 1160. The fraction of sp³-hybridized carbons (Fsp3) is 0.333. The predicted octanol–water partition coefficient (Wildman–Crippen LogP) is 5.75. The third-order valence-corrected chi connectivity index (χ3v) is 6.54. The largest absolute Gasteiger partial charge is 0.490 e. The van der Waals surface area contributed by atoms with E-state index in [0.29, 0.717) is 12.2 Å². The van der Waals surface area contributed by atoms with Crippen LogP contribution in [0.1, 0.15) is 37.0 Å². The van der Waals surface area contributed by atoms with Crippen LogP contribution in [0.2, 0.25) is 10.0 Å². The third-order valence-electron chi connectivity index (χ3n) is 4.44. The number of hydrogen-bond donors (Lipinski definition) is 3. The first kappa shape index (κ1) is 30.3. The lowest BCUT2D eigenvalue weighted by atomic mass is 10.1. The summed E-state index contributed by atoms with van der Waals surface area (Å²) in [5, 5.41) is 16.8. The first-order valence-electron chi connectivity index (χ1n) is 10.0. The molecular weight excluding hydrogens is 536 g/mol. The molecule has 0 bridgehead atoms. The second-order valence-corrected chi connectivity index (χ2v) is 9.45. The van der Waals surface area contributed by atoms with Gasteiger partial charge in [0.15, 0.2) is 0 Å². The number of carboxylic acids is 2. The van der Waals surface area contributed by atoms with E-state index in [0.717, 1.165) is 19.4 Å². The Morgan fingerprint density at radius 1 is 1.03 bits per heavy atom. The molecule has 2 rings (SSSR count). The number of aromatic carboxylic acids is 1. The first-order valence-corrected chi connectivity index (χ1v) is 12.3. The Morgan fingerprint density at radius 2 is 1.63 bits per heavy atom. The molecule has 2 aromatic rings. The van der Waals surface area contributed by atoms with E-state index in [1.54, 1.807) is 6.07 Å². The molecule has 0 aliphatic rings. The predicted molar refractivity (Wildman–Crippen MR) is 127 cm³/mol. The Labute approximate surface area is 210 Å². The van der Waals surface area contributed by atoms with E-state index >= 15 is 0 Å². The van der Waals surface area contributed by atoms with Crippen LogP contribution in [-0.4, -0.2) is 49.8 Å². The molecule has 194 valence electrons. The van der Waals surface area contributed by atoms with Gasteiger partial charge in [0.1, 0.15) is 0 Å². The fourth-order valence-corrected chi connectivity index (χ4v) is 4.13. The zero-order valence-electron chi connectivity index (χ0n) is 18.6. The summed E-state index contributed by atoms with van der Waals surface area (Å²) < 4.78 is 59.9. The van der Waals surface area contributed by atoms with Crippen molar-refractivity contribution in [3.63, 3.8) is 0 Å². The van der Waals surface area contributed by atoms with Crippen molar-refractivity contribution in [3.8, 4) is 0 Å². The minimum Gasteiger partial charge on any atom is -0.478 e. The highest BCUT2D eigenvalue weighted by Crippen LogP contribution is 2.31. The molecule has 3 N–H and O–H groups in total. The molecule has 0 aliphatic heterocycles. The number of unbranched alkanes of at least 4 members (excludes halogenated alkanes) is 1. The van der Waals surface area contributed by atoms with Crippen molar-refractivity contribution in [2.45, 2.75) is 37.8 Å². The Kier molecular flexibility index (Phi) is 11.1. The van der Waals surface area contributed by atoms with Gasteiger partial charge in [-0.25, -0.2) is 18.0 Å². The van der Waals surface area contributed by atoms with Crippen LogP contribution in [0, 0.1) is 0 Å². The van der Waals surface area contributed by atoms with Gasteiger partial charge in [0, 0.05) is 13.1 Å². The van der Waals surface area contributed by atoms with Crippen molar-refractivity contribution >= 4 is 56.5 Å². The lowest BCUT2D eigenvalue weighted by Gasteiger charge is -2.26. The SMILES string of the molecule is CCCCN(CC)c1ccc(C(=O)O)cc1NS(=O)(=O)c1ccc(Cl)c(Cl)c1.O=C(O)C(F)(F)F. The summed E-state index contributed by atoms with van der Waals surface area (Å²) in [6.07, 6.45) is -3.18. The number of alkyl halides is 3. The van der Waals surface area contributed by atoms with Crippen molar-refractivity contribution in [3.05, 3.63) is 52.0 Å². The quantitative estimate of drug-likeness (QED) is 0.357. The second kappa shape index (κ2) is 12.8. The summed E-state index contributed by atoms with van der Waals surface area (Å²) in [5.41, 5.74) is 0.802. The van der Waals surface area contributed by atoms with E-state index in [-0.39, 0.29) is 26.2 Å². The Hall–Kier alpha value is -2.70. The minimum absolute atomic E-state index is 0.0119. The first-order chi connectivity index (χ1) is 16.1. The average Bonchev–Trinajstić information content (AvgIpc) is 2.76. The van der Waals surface area contributed by atoms with E-state index in [1.807, 2.05) is 11.8 Å². The molecule has 0 aliphatic carbocycles. The smallest absolute Gasteiger partial charge is 0.478 e. The lowest BCUT2D eigenvalue weighted by Crippen LogP contribution is -2.26. The van der Waals surface area contributed by atoms with Crippen molar-refractivity contribution < 1.29 is 41.4 Å². The molecule has 0 amide bonds. The molecule has 14 heteroatoms. The summed E-state index contributed by atoms with van der Waals surface area (Å²) in [6, 6.07) is 8.39. The number of benzene rings is 2. The highest BCUT2D eigenvalue weighted by molar-refractivity contribution is 7.92. The Morgan fingerprint density at radius 3 is 2.09 bits per heavy atom. The van der Waals surface area contributed by atoms with Crippen LogP contribution in [0.25, 0.3) is 0 Å². The number of halogens is 5. The Balaban J connectivity index is 0.000000762. The molecular formula is C21H23Cl2F3N2O6S. The van der Waals surface area contributed by atoms with Crippen molar-refractivity contribution in [1.82, 2.24) is 0 Å². The number of aliphatic carboxylic acids is 1. The summed E-state index contributed by atoms with van der Waals surface area (Å²) in [5.74, 6) is -3.90. The number of hydrogen-bond acceptors (Lipinski definition) is 5. The molecule has 35 heavy (non-hydrogen) atoms. The van der Waals surface area contributed by atoms with Gasteiger partial charge < -0.3 is 15.1 Å². The molecule has 0 fully saturated rings. The van der Waals surface area contributed by atoms with Crippen LogP contribution in [0.15, 0.2) is 41.3 Å². The molecule has 0 unspecified atom stereocenters. The normalized spacial score (nSPS) is 11.3. The second-order valence-electron chi connectivity index (χ2n) is 6.95. The molecule has 0 atom stereocenters. The number of carbonyl (C=O) groups is 2. The fourth-order valence-electron chi connectivity index (χ4n) is 2.67. The topological polar surface area (TPSA) is 124 Å². The van der Waals surface area contributed by atoms with Crippen LogP contribution in [0.5, 0.6) is 0 Å². The van der Waals surface area contributed by atoms with E-state index in [1.165, 1.54) is 30.3 Å². The molecule has 0 aromatic heterocycles. The zero-order valence-corrected chi connectivity index (χ0v) is 20.9. The van der Waals surface area contributed by atoms with Gasteiger partial charge >= 0.3 is 18.1 Å². The van der Waals surface area contributed by atoms with Crippen LogP contribution in [0.3, 0.4) is 0 Å². The van der Waals surface area contributed by atoms with E-state index in [9.17, 15) is 31.5 Å². The number of rotatable bonds is 9. The molecule has 2 aromatic carbocycles. The van der Waals surface area contributed by atoms with Gasteiger partial charge in [-0.2, -0.15) is 13.2 Å². The van der Waals surface area contributed by atoms with Crippen LogP contribution in [0.4, 0.5) is 24.5 Å². The summed E-state index contributed by atoms with van der Waals surface area (Å²) in [4.78, 5) is 22.2. The van der Waals surface area contributed by atoms with Gasteiger partial charge in [0.2, 0.25) is 0 Å². The molecule has 8 nitrogen and oxygen atoms in total. The lowest BCUT2D eigenvalue weighted by molar-refractivity contribution is -0.192. The number of carboxylic acid groups (broad SMARTS) is 2. The molecule has 0 saturated heterocycles. The third kappa shape index (κ3) is 9.11. The molecule has 0 heterocycles. The van der Waals surface area contributed by atoms with Crippen molar-refractivity contribution in [2.24, 2.45) is 0 Å². The maximum atomic E-state index is 12.8. The number of nitrogens with one attached hydrogen (secondary N) is 1. The standard InChI is InChI=1S/C19H22Cl2N2O4S.C2HF3O2/c1-3-5-10-23(4-2)18-9-6-13(19(24)25)11-17(18)22-28(26,27)14-7-8-15(20)16(21)12-14;3-2(4,5)1(6)7/h6-9,11-12,22H,3-5,10H2,1-2H3,(H,24,25);(H,6,7). The van der Waals surface area contributed by atoms with E-state index < -0.39 is 28.1 Å². The van der Waals surface area contributed by atoms with E-state index in [4.69, 9.17) is 33.1 Å². The zero-order chi connectivity index (χ0) is 27.0. The van der Waals surface area contributed by atoms with Crippen LogP contribution < -0.4 is 9.62 Å². The van der Waals surface area contributed by atoms with Gasteiger partial charge in [0.25, 0.3) is 10.0 Å². The summed E-state index contributed by atoms with van der Waals surface area (Å²) >= 11 is 11.8. The number of sulfonamides is 1. The van der Waals surface area contributed by atoms with Crippen LogP contribution in [-0.2, 0) is 14.8 Å². The highest BCUT2D eigenvalue weighted by Gasteiger charge is 2.38.